The molecular formula is C15H26O5. The van der Waals surface area contributed by atoms with Crippen LogP contribution in [-0.2, 0) is 19.1 Å². The molecule has 20 heavy (non-hydrogen) atoms. The number of hydrogen-bond acceptors (Lipinski definition) is 5. The molecule has 0 bridgehead atoms. The Morgan fingerprint density at radius 1 is 1.10 bits per heavy atom. The van der Waals surface area contributed by atoms with Crippen LogP contribution in [0.1, 0.15) is 52.9 Å². The molecule has 0 heterocycles. The molecule has 1 saturated carbocycles. The normalized spacial score (nSPS) is 36.7. The smallest absolute Gasteiger partial charge is 0.314 e. The molecule has 1 rings (SSSR count). The zero-order valence-corrected chi connectivity index (χ0v) is 13.1. The molecule has 0 aromatic rings. The summed E-state index contributed by atoms with van der Waals surface area (Å²) in [5.74, 6) is -0.858. The third-order valence-electron chi connectivity index (χ3n) is 4.71. The van der Waals surface area contributed by atoms with Gasteiger partial charge >= 0.3 is 11.9 Å². The van der Waals surface area contributed by atoms with Crippen LogP contribution in [0.4, 0.5) is 0 Å². The van der Waals surface area contributed by atoms with Crippen molar-refractivity contribution in [2.24, 2.45) is 10.8 Å². The predicted molar refractivity (Wildman–Crippen MR) is 74.0 cm³/mol. The summed E-state index contributed by atoms with van der Waals surface area (Å²) < 4.78 is 9.71. The highest BCUT2D eigenvalue weighted by Gasteiger charge is 2.65. The molecule has 0 spiro atoms. The van der Waals surface area contributed by atoms with Gasteiger partial charge in [0.1, 0.15) is 0 Å². The summed E-state index contributed by atoms with van der Waals surface area (Å²) in [7, 11) is 2.63. The third-order valence-corrected chi connectivity index (χ3v) is 4.71. The van der Waals surface area contributed by atoms with Crippen molar-refractivity contribution < 1.29 is 24.2 Å². The van der Waals surface area contributed by atoms with Gasteiger partial charge in [-0.05, 0) is 33.1 Å². The van der Waals surface area contributed by atoms with Gasteiger partial charge in [-0.25, -0.2) is 0 Å². The van der Waals surface area contributed by atoms with Crippen molar-refractivity contribution in [3.8, 4) is 0 Å². The fraction of sp³-hybridized carbons (Fsp3) is 0.867. The van der Waals surface area contributed by atoms with E-state index in [9.17, 15) is 14.7 Å². The van der Waals surface area contributed by atoms with Crippen LogP contribution in [0.25, 0.3) is 0 Å². The zero-order valence-electron chi connectivity index (χ0n) is 13.1. The van der Waals surface area contributed by atoms with E-state index in [2.05, 4.69) is 0 Å². The lowest BCUT2D eigenvalue weighted by molar-refractivity contribution is -0.167. The second-order valence-electron chi connectivity index (χ2n) is 6.36. The van der Waals surface area contributed by atoms with Gasteiger partial charge in [0.15, 0.2) is 0 Å². The molecule has 1 N–H and O–H groups in total. The number of hydrogen-bond donors (Lipinski definition) is 1. The van der Waals surface area contributed by atoms with Gasteiger partial charge in [0.25, 0.3) is 0 Å². The summed E-state index contributed by atoms with van der Waals surface area (Å²) in [6.07, 6.45) is 2.63. The van der Waals surface area contributed by atoms with Gasteiger partial charge in [0, 0.05) is 0 Å². The van der Waals surface area contributed by atoms with Gasteiger partial charge in [-0.2, -0.15) is 0 Å². The summed E-state index contributed by atoms with van der Waals surface area (Å²) in [5, 5.41) is 11.0. The molecule has 5 nitrogen and oxygen atoms in total. The molecule has 1 aliphatic carbocycles. The molecule has 1 fully saturated rings. The molecule has 3 atom stereocenters. The molecule has 0 unspecified atom stereocenters. The van der Waals surface area contributed by atoms with E-state index >= 15 is 0 Å². The van der Waals surface area contributed by atoms with Crippen LogP contribution < -0.4 is 0 Å². The number of carbonyl (C=O) groups is 2. The van der Waals surface area contributed by atoms with Gasteiger partial charge in [0.05, 0.1) is 30.7 Å². The highest BCUT2D eigenvalue weighted by molar-refractivity contribution is 5.83. The molecule has 0 aromatic heterocycles. The number of aliphatic hydroxyl groups is 1. The summed E-state index contributed by atoms with van der Waals surface area (Å²) in [6.45, 7) is 5.44. The van der Waals surface area contributed by atoms with E-state index in [0.717, 1.165) is 12.8 Å². The lowest BCUT2D eigenvalue weighted by atomic mass is 9.73. The second kappa shape index (κ2) is 5.72. The zero-order chi connectivity index (χ0) is 15.6. The van der Waals surface area contributed by atoms with Crippen molar-refractivity contribution in [3.63, 3.8) is 0 Å². The van der Waals surface area contributed by atoms with Crippen molar-refractivity contribution in [1.82, 2.24) is 0 Å². The Bertz CT molecular complexity index is 394. The maximum atomic E-state index is 12.2. The maximum Gasteiger partial charge on any atom is 0.314 e. The highest BCUT2D eigenvalue weighted by atomic mass is 16.5. The first-order valence-corrected chi connectivity index (χ1v) is 7.08. The number of esters is 2. The van der Waals surface area contributed by atoms with Crippen molar-refractivity contribution in [2.45, 2.75) is 58.5 Å². The van der Waals surface area contributed by atoms with E-state index in [-0.39, 0.29) is 18.8 Å². The standard InChI is InChI=1S/C15H26O5/c1-6-7-8-15(18)10-13(2,11(16)19-4)9-14(15,3)12(17)20-5/h18H,6-10H2,1-5H3/t13-,14-,15-/m1/s1. The Hall–Kier alpha value is -1.10. The van der Waals surface area contributed by atoms with E-state index in [0.29, 0.717) is 6.42 Å². The highest BCUT2D eigenvalue weighted by Crippen LogP contribution is 2.58. The largest absolute Gasteiger partial charge is 0.469 e. The van der Waals surface area contributed by atoms with Crippen molar-refractivity contribution in [1.29, 1.82) is 0 Å². The van der Waals surface area contributed by atoms with E-state index in [1.54, 1.807) is 13.8 Å². The number of rotatable bonds is 5. The molecule has 5 heteroatoms. The van der Waals surface area contributed by atoms with Gasteiger partial charge in [-0.3, -0.25) is 9.59 Å². The Balaban J connectivity index is 3.18. The molecule has 0 aliphatic heterocycles. The first-order valence-electron chi connectivity index (χ1n) is 7.08. The van der Waals surface area contributed by atoms with Crippen LogP contribution in [0.15, 0.2) is 0 Å². The van der Waals surface area contributed by atoms with Crippen LogP contribution >= 0.6 is 0 Å². The van der Waals surface area contributed by atoms with E-state index in [1.165, 1.54) is 14.2 Å². The quantitative estimate of drug-likeness (QED) is 0.783. The fourth-order valence-electron chi connectivity index (χ4n) is 3.56. The minimum Gasteiger partial charge on any atom is -0.469 e. The monoisotopic (exact) mass is 286 g/mol. The number of methoxy groups -OCH3 is 2. The van der Waals surface area contributed by atoms with Crippen molar-refractivity contribution in [3.05, 3.63) is 0 Å². The minimum absolute atomic E-state index is 0.221. The molecular weight excluding hydrogens is 260 g/mol. The minimum atomic E-state index is -1.24. The van der Waals surface area contributed by atoms with E-state index < -0.39 is 22.4 Å². The molecule has 1 aliphatic rings. The topological polar surface area (TPSA) is 72.8 Å². The Kier molecular flexibility index (Phi) is 4.85. The van der Waals surface area contributed by atoms with Gasteiger partial charge < -0.3 is 14.6 Å². The van der Waals surface area contributed by atoms with Crippen LogP contribution in [0, 0.1) is 10.8 Å². The Morgan fingerprint density at radius 3 is 2.10 bits per heavy atom. The van der Waals surface area contributed by atoms with Crippen molar-refractivity contribution >= 4 is 11.9 Å². The van der Waals surface area contributed by atoms with Crippen molar-refractivity contribution in [2.75, 3.05) is 14.2 Å². The summed E-state index contributed by atoms with van der Waals surface area (Å²) in [5.41, 5.74) is -3.18. The summed E-state index contributed by atoms with van der Waals surface area (Å²) >= 11 is 0. The van der Waals surface area contributed by atoms with Crippen LogP contribution in [0.2, 0.25) is 0 Å². The lowest BCUT2D eigenvalue weighted by Gasteiger charge is -2.37. The second-order valence-corrected chi connectivity index (χ2v) is 6.36. The van der Waals surface area contributed by atoms with E-state index in [4.69, 9.17) is 9.47 Å². The number of carbonyl (C=O) groups excluding carboxylic acids is 2. The SMILES string of the molecule is CCCC[C@@]1(O)C[C@](C)(C(=O)OC)C[C@]1(C)C(=O)OC. The maximum absolute atomic E-state index is 12.2. The van der Waals surface area contributed by atoms with Gasteiger partial charge in [-0.1, -0.05) is 19.8 Å². The first kappa shape index (κ1) is 17.0. The molecule has 0 amide bonds. The average Bonchev–Trinajstić information content (AvgIpc) is 2.63. The fourth-order valence-corrected chi connectivity index (χ4v) is 3.56. The van der Waals surface area contributed by atoms with Gasteiger partial charge in [-0.15, -0.1) is 0 Å². The Morgan fingerprint density at radius 2 is 1.65 bits per heavy atom. The number of ether oxygens (including phenoxy) is 2. The summed E-state index contributed by atoms with van der Waals surface area (Å²) in [4.78, 5) is 24.2. The lowest BCUT2D eigenvalue weighted by Crippen LogP contribution is -2.47. The third kappa shape index (κ3) is 2.55. The van der Waals surface area contributed by atoms with Crippen LogP contribution in [0.3, 0.4) is 0 Å². The Labute approximate surface area is 120 Å². The molecule has 0 aromatic carbocycles. The summed E-state index contributed by atoms with van der Waals surface area (Å²) in [6, 6.07) is 0. The predicted octanol–water partition coefficient (Wildman–Crippen LogP) is 2.06. The first-order chi connectivity index (χ1) is 9.19. The molecule has 0 radical (unpaired) electrons. The molecule has 116 valence electrons. The van der Waals surface area contributed by atoms with Crippen LogP contribution in [0.5, 0.6) is 0 Å². The average molecular weight is 286 g/mol. The van der Waals surface area contributed by atoms with Crippen LogP contribution in [-0.4, -0.2) is 36.9 Å². The van der Waals surface area contributed by atoms with E-state index in [1.807, 2.05) is 6.92 Å². The number of unbranched alkanes of at least 4 members (excludes halogenated alkanes) is 1. The van der Waals surface area contributed by atoms with Gasteiger partial charge in [0.2, 0.25) is 0 Å². The molecule has 0 saturated heterocycles.